The first-order valence-electron chi connectivity index (χ1n) is 9.93. The van der Waals surface area contributed by atoms with E-state index in [1.807, 2.05) is 39.8 Å². The smallest absolute Gasteiger partial charge is 0.265 e. The fourth-order valence-corrected chi connectivity index (χ4v) is 5.04. The van der Waals surface area contributed by atoms with Crippen LogP contribution in [0.25, 0.3) is 16.7 Å². The summed E-state index contributed by atoms with van der Waals surface area (Å²) < 4.78 is 3.42. The van der Waals surface area contributed by atoms with Gasteiger partial charge in [-0.3, -0.25) is 14.2 Å². The molecular formula is C21H25N5O2S. The van der Waals surface area contributed by atoms with Gasteiger partial charge in [-0.1, -0.05) is 29.5 Å². The predicted molar refractivity (Wildman–Crippen MR) is 115 cm³/mol. The highest BCUT2D eigenvalue weighted by atomic mass is 32.2. The Bertz CT molecular complexity index is 1150. The molecule has 29 heavy (non-hydrogen) atoms. The van der Waals surface area contributed by atoms with Crippen molar-refractivity contribution in [3.8, 4) is 5.69 Å². The average molecular weight is 412 g/mol. The van der Waals surface area contributed by atoms with Crippen molar-refractivity contribution < 1.29 is 4.79 Å². The third kappa shape index (κ3) is 3.35. The predicted octanol–water partition coefficient (Wildman–Crippen LogP) is 3.10. The van der Waals surface area contributed by atoms with Crippen LogP contribution in [0.15, 0.2) is 34.3 Å². The third-order valence-corrected chi connectivity index (χ3v) is 6.58. The molecule has 0 aliphatic carbocycles. The maximum atomic E-state index is 13.2. The highest BCUT2D eigenvalue weighted by Crippen LogP contribution is 2.34. The van der Waals surface area contributed by atoms with E-state index in [-0.39, 0.29) is 17.5 Å². The van der Waals surface area contributed by atoms with E-state index in [0.29, 0.717) is 41.5 Å². The van der Waals surface area contributed by atoms with E-state index in [4.69, 9.17) is 4.98 Å². The molecule has 0 saturated heterocycles. The molecule has 1 amide bonds. The van der Waals surface area contributed by atoms with Gasteiger partial charge in [-0.15, -0.1) is 0 Å². The maximum absolute atomic E-state index is 13.2. The van der Waals surface area contributed by atoms with Crippen molar-refractivity contribution in [2.24, 2.45) is 0 Å². The quantitative estimate of drug-likeness (QED) is 0.603. The number of fused-ring (bicyclic) bond motifs is 2. The summed E-state index contributed by atoms with van der Waals surface area (Å²) in [6.45, 7) is 9.37. The van der Waals surface area contributed by atoms with Crippen molar-refractivity contribution >= 4 is 28.7 Å². The summed E-state index contributed by atoms with van der Waals surface area (Å²) in [5, 5.41) is 5.60. The van der Waals surface area contributed by atoms with Crippen LogP contribution >= 0.6 is 11.8 Å². The first kappa shape index (κ1) is 19.7. The van der Waals surface area contributed by atoms with Crippen LogP contribution < -0.4 is 5.56 Å². The molecule has 1 unspecified atom stereocenters. The molecule has 3 aromatic rings. The summed E-state index contributed by atoms with van der Waals surface area (Å²) in [7, 11) is 0. The SMILES string of the molecule is CCN(CC)C(=O)CC1CSc2nc3c(cnn3-c3ccc(C)cc3C)c(=O)n21. The second-order valence-corrected chi connectivity index (χ2v) is 8.38. The Kier molecular flexibility index (Phi) is 5.21. The van der Waals surface area contributed by atoms with E-state index in [1.165, 1.54) is 17.3 Å². The van der Waals surface area contributed by atoms with Crippen molar-refractivity contribution in [2.45, 2.75) is 45.3 Å². The lowest BCUT2D eigenvalue weighted by Gasteiger charge is -2.21. The van der Waals surface area contributed by atoms with E-state index in [9.17, 15) is 9.59 Å². The van der Waals surface area contributed by atoms with Gasteiger partial charge in [-0.05, 0) is 39.3 Å². The van der Waals surface area contributed by atoms with E-state index in [2.05, 4.69) is 11.2 Å². The van der Waals surface area contributed by atoms with Gasteiger partial charge in [0, 0.05) is 25.3 Å². The van der Waals surface area contributed by atoms with Crippen LogP contribution in [-0.4, -0.2) is 49.0 Å². The molecule has 1 aliphatic heterocycles. The summed E-state index contributed by atoms with van der Waals surface area (Å²) in [5.74, 6) is 0.755. The average Bonchev–Trinajstić information content (AvgIpc) is 3.28. The summed E-state index contributed by atoms with van der Waals surface area (Å²) in [6, 6.07) is 5.95. The number of hydrogen-bond donors (Lipinski definition) is 0. The zero-order valence-corrected chi connectivity index (χ0v) is 18.0. The lowest BCUT2D eigenvalue weighted by Crippen LogP contribution is -2.34. The van der Waals surface area contributed by atoms with Crippen LogP contribution in [0.4, 0.5) is 0 Å². The third-order valence-electron chi connectivity index (χ3n) is 5.48. The van der Waals surface area contributed by atoms with E-state index in [0.717, 1.165) is 11.3 Å². The van der Waals surface area contributed by atoms with Crippen molar-refractivity contribution in [1.82, 2.24) is 24.2 Å². The summed E-state index contributed by atoms with van der Waals surface area (Å²) in [5.41, 5.74) is 3.61. The molecule has 0 bridgehead atoms. The minimum Gasteiger partial charge on any atom is -0.343 e. The van der Waals surface area contributed by atoms with Gasteiger partial charge in [0.2, 0.25) is 5.91 Å². The molecule has 0 fully saturated rings. The van der Waals surface area contributed by atoms with Gasteiger partial charge >= 0.3 is 0 Å². The van der Waals surface area contributed by atoms with Crippen LogP contribution in [0, 0.1) is 13.8 Å². The fraction of sp³-hybridized carbons (Fsp3) is 0.429. The molecular weight excluding hydrogens is 386 g/mol. The van der Waals surface area contributed by atoms with Gasteiger partial charge in [0.25, 0.3) is 5.56 Å². The Morgan fingerprint density at radius 3 is 2.72 bits per heavy atom. The monoisotopic (exact) mass is 411 g/mol. The number of nitrogens with zero attached hydrogens (tertiary/aromatic N) is 5. The van der Waals surface area contributed by atoms with Crippen LogP contribution in [0.5, 0.6) is 0 Å². The number of rotatable bonds is 5. The van der Waals surface area contributed by atoms with Crippen molar-refractivity contribution in [1.29, 1.82) is 0 Å². The number of amides is 1. The van der Waals surface area contributed by atoms with E-state index in [1.54, 1.807) is 20.3 Å². The molecule has 1 aliphatic rings. The Morgan fingerprint density at radius 1 is 1.28 bits per heavy atom. The van der Waals surface area contributed by atoms with E-state index < -0.39 is 0 Å². The molecule has 8 heteroatoms. The second-order valence-electron chi connectivity index (χ2n) is 7.39. The van der Waals surface area contributed by atoms with Gasteiger partial charge < -0.3 is 4.90 Å². The minimum absolute atomic E-state index is 0.0754. The molecule has 1 aromatic carbocycles. The zero-order valence-electron chi connectivity index (χ0n) is 17.2. The number of carbonyl (C=O) groups is 1. The summed E-state index contributed by atoms with van der Waals surface area (Å²) in [6.07, 6.45) is 1.91. The molecule has 4 rings (SSSR count). The summed E-state index contributed by atoms with van der Waals surface area (Å²) >= 11 is 1.53. The van der Waals surface area contributed by atoms with Gasteiger partial charge in [0.1, 0.15) is 5.39 Å². The Morgan fingerprint density at radius 2 is 2.03 bits per heavy atom. The minimum atomic E-state index is -0.169. The number of benzene rings is 1. The second kappa shape index (κ2) is 7.67. The van der Waals surface area contributed by atoms with Gasteiger partial charge in [-0.2, -0.15) is 5.10 Å². The highest BCUT2D eigenvalue weighted by molar-refractivity contribution is 7.99. The van der Waals surface area contributed by atoms with Gasteiger partial charge in [-0.25, -0.2) is 9.67 Å². The molecule has 0 saturated carbocycles. The highest BCUT2D eigenvalue weighted by Gasteiger charge is 2.30. The summed E-state index contributed by atoms with van der Waals surface area (Å²) in [4.78, 5) is 32.4. The van der Waals surface area contributed by atoms with Crippen molar-refractivity contribution in [2.75, 3.05) is 18.8 Å². The van der Waals surface area contributed by atoms with Crippen LogP contribution in [-0.2, 0) is 4.79 Å². The molecule has 3 heterocycles. The number of carbonyl (C=O) groups excluding carboxylic acids is 1. The number of aromatic nitrogens is 4. The Labute approximate surface area is 173 Å². The molecule has 1 atom stereocenters. The lowest BCUT2D eigenvalue weighted by molar-refractivity contribution is -0.131. The maximum Gasteiger partial charge on any atom is 0.265 e. The van der Waals surface area contributed by atoms with Crippen molar-refractivity contribution in [3.63, 3.8) is 0 Å². The topological polar surface area (TPSA) is 73.0 Å². The van der Waals surface area contributed by atoms with Crippen LogP contribution in [0.3, 0.4) is 0 Å². The fourth-order valence-electron chi connectivity index (χ4n) is 3.91. The first-order valence-corrected chi connectivity index (χ1v) is 10.9. The van der Waals surface area contributed by atoms with Gasteiger partial charge in [0.15, 0.2) is 10.8 Å². The molecule has 2 aromatic heterocycles. The molecule has 0 radical (unpaired) electrons. The number of thioether (sulfide) groups is 1. The molecule has 152 valence electrons. The van der Waals surface area contributed by atoms with Crippen LogP contribution in [0.1, 0.15) is 37.4 Å². The Balaban J connectivity index is 1.75. The Hall–Kier alpha value is -2.61. The van der Waals surface area contributed by atoms with Crippen LogP contribution in [0.2, 0.25) is 0 Å². The largest absolute Gasteiger partial charge is 0.343 e. The number of aryl methyl sites for hydroxylation is 2. The lowest BCUT2D eigenvalue weighted by atomic mass is 10.1. The molecule has 0 spiro atoms. The number of hydrogen-bond acceptors (Lipinski definition) is 5. The molecule has 0 N–H and O–H groups in total. The zero-order chi connectivity index (χ0) is 20.7. The first-order chi connectivity index (χ1) is 13.9. The van der Waals surface area contributed by atoms with E-state index >= 15 is 0 Å². The molecule has 7 nitrogen and oxygen atoms in total. The standard InChI is InChI=1S/C21H25N5O2S/c1-5-24(6-2)18(27)10-15-12-29-21-23-19-16(20(28)25(15)21)11-22-26(19)17-8-7-13(3)9-14(17)4/h7-9,11,15H,5-6,10,12H2,1-4H3. The van der Waals surface area contributed by atoms with Gasteiger partial charge in [0.05, 0.1) is 17.9 Å². The van der Waals surface area contributed by atoms with Crippen molar-refractivity contribution in [3.05, 3.63) is 45.9 Å². The normalized spacial score (nSPS) is 15.7.